The van der Waals surface area contributed by atoms with Gasteiger partial charge in [-0.15, -0.1) is 0 Å². The maximum absolute atomic E-state index is 6.23. The van der Waals surface area contributed by atoms with Gasteiger partial charge in [-0.1, -0.05) is 38.8 Å². The van der Waals surface area contributed by atoms with Crippen molar-refractivity contribution in [1.29, 1.82) is 0 Å². The second kappa shape index (κ2) is 5.57. The maximum atomic E-state index is 6.23. The molecule has 2 rings (SSSR count). The van der Waals surface area contributed by atoms with Crippen molar-refractivity contribution in [2.24, 2.45) is 17.3 Å². The minimum Gasteiger partial charge on any atom is -0.349 e. The van der Waals surface area contributed by atoms with Gasteiger partial charge in [0.15, 0.2) is 5.79 Å². The highest BCUT2D eigenvalue weighted by atomic mass is 16.7. The molecule has 2 nitrogen and oxygen atoms in total. The van der Waals surface area contributed by atoms with Gasteiger partial charge in [0, 0.05) is 11.3 Å². The Kier molecular flexibility index (Phi) is 4.42. The largest absolute Gasteiger partial charge is 0.349 e. The fourth-order valence-electron chi connectivity index (χ4n) is 3.71. The molecule has 2 unspecified atom stereocenters. The van der Waals surface area contributed by atoms with Crippen LogP contribution in [0.4, 0.5) is 0 Å². The monoisotopic (exact) mass is 266 g/mol. The molecule has 1 saturated heterocycles. The standard InChI is InChI=1S/C17H30O2/c1-6-9-16(4)11-18-17(5,19-12-16)15-8-7-13(2)10-14(15)3/h10,14-15H,6-9,11-12H2,1-5H3. The van der Waals surface area contributed by atoms with Crippen LogP contribution in [0.2, 0.25) is 0 Å². The van der Waals surface area contributed by atoms with Crippen molar-refractivity contribution >= 4 is 0 Å². The van der Waals surface area contributed by atoms with Crippen LogP contribution >= 0.6 is 0 Å². The Morgan fingerprint density at radius 3 is 2.42 bits per heavy atom. The Balaban J connectivity index is 2.02. The van der Waals surface area contributed by atoms with E-state index in [-0.39, 0.29) is 11.2 Å². The molecule has 110 valence electrons. The molecule has 0 aromatic carbocycles. The number of allylic oxidation sites excluding steroid dienone is 2. The Hall–Kier alpha value is -0.340. The van der Waals surface area contributed by atoms with Gasteiger partial charge in [0.2, 0.25) is 0 Å². The fourth-order valence-corrected chi connectivity index (χ4v) is 3.71. The first-order valence-corrected chi connectivity index (χ1v) is 7.84. The molecule has 0 radical (unpaired) electrons. The lowest BCUT2D eigenvalue weighted by Crippen LogP contribution is -2.52. The van der Waals surface area contributed by atoms with E-state index in [2.05, 4.69) is 40.7 Å². The second-order valence-corrected chi connectivity index (χ2v) is 7.17. The van der Waals surface area contributed by atoms with E-state index in [0.29, 0.717) is 11.8 Å². The first-order valence-electron chi connectivity index (χ1n) is 7.84. The summed E-state index contributed by atoms with van der Waals surface area (Å²) in [5.41, 5.74) is 1.72. The van der Waals surface area contributed by atoms with Crippen LogP contribution in [0.1, 0.15) is 60.3 Å². The third kappa shape index (κ3) is 3.22. The van der Waals surface area contributed by atoms with Crippen molar-refractivity contribution in [1.82, 2.24) is 0 Å². The summed E-state index contributed by atoms with van der Waals surface area (Å²) in [4.78, 5) is 0. The Morgan fingerprint density at radius 2 is 1.89 bits per heavy atom. The molecule has 0 aromatic rings. The van der Waals surface area contributed by atoms with E-state index in [9.17, 15) is 0 Å². The highest BCUT2D eigenvalue weighted by Gasteiger charge is 2.46. The number of hydrogen-bond acceptors (Lipinski definition) is 2. The lowest BCUT2D eigenvalue weighted by molar-refractivity contribution is -0.321. The molecule has 1 aliphatic carbocycles. The molecule has 2 aliphatic rings. The minimum absolute atomic E-state index is 0.206. The average Bonchev–Trinajstić information content (AvgIpc) is 2.34. The van der Waals surface area contributed by atoms with Gasteiger partial charge in [-0.25, -0.2) is 0 Å². The first-order chi connectivity index (χ1) is 8.88. The number of ether oxygens (including phenoxy) is 2. The molecular weight excluding hydrogens is 236 g/mol. The van der Waals surface area contributed by atoms with E-state index >= 15 is 0 Å². The quantitative estimate of drug-likeness (QED) is 0.698. The van der Waals surface area contributed by atoms with Crippen molar-refractivity contribution in [2.45, 2.75) is 66.1 Å². The van der Waals surface area contributed by atoms with Crippen molar-refractivity contribution in [2.75, 3.05) is 13.2 Å². The molecule has 1 heterocycles. The zero-order valence-electron chi connectivity index (χ0n) is 13.3. The predicted octanol–water partition coefficient (Wildman–Crippen LogP) is 4.55. The third-order valence-electron chi connectivity index (χ3n) is 4.97. The number of hydrogen-bond donors (Lipinski definition) is 0. The summed E-state index contributed by atoms with van der Waals surface area (Å²) in [7, 11) is 0. The Bertz CT molecular complexity index is 337. The van der Waals surface area contributed by atoms with Crippen LogP contribution in [0.15, 0.2) is 11.6 Å². The summed E-state index contributed by atoms with van der Waals surface area (Å²) < 4.78 is 12.5. The van der Waals surface area contributed by atoms with E-state index in [1.165, 1.54) is 31.3 Å². The van der Waals surface area contributed by atoms with Gasteiger partial charge in [-0.3, -0.25) is 0 Å². The average molecular weight is 266 g/mol. The van der Waals surface area contributed by atoms with Crippen molar-refractivity contribution in [3.05, 3.63) is 11.6 Å². The van der Waals surface area contributed by atoms with Crippen LogP contribution in [0, 0.1) is 17.3 Å². The first kappa shape index (κ1) is 15.1. The smallest absolute Gasteiger partial charge is 0.168 e. The van der Waals surface area contributed by atoms with Gasteiger partial charge in [0.1, 0.15) is 0 Å². The van der Waals surface area contributed by atoms with Crippen LogP contribution in [-0.2, 0) is 9.47 Å². The van der Waals surface area contributed by atoms with E-state index in [0.717, 1.165) is 13.2 Å². The zero-order valence-corrected chi connectivity index (χ0v) is 13.3. The predicted molar refractivity (Wildman–Crippen MR) is 79.0 cm³/mol. The van der Waals surface area contributed by atoms with E-state index in [1.807, 2.05) is 0 Å². The lowest BCUT2D eigenvalue weighted by Gasteiger charge is -2.49. The zero-order chi connectivity index (χ0) is 14.1. The normalized spacial score (nSPS) is 43.9. The minimum atomic E-state index is -0.385. The SMILES string of the molecule is CCCC1(C)COC(C)(C2CCC(C)=CC2C)OC1. The van der Waals surface area contributed by atoms with Gasteiger partial charge in [0.05, 0.1) is 13.2 Å². The van der Waals surface area contributed by atoms with Crippen molar-refractivity contribution in [3.8, 4) is 0 Å². The van der Waals surface area contributed by atoms with Gasteiger partial charge in [0.25, 0.3) is 0 Å². The van der Waals surface area contributed by atoms with Gasteiger partial charge < -0.3 is 9.47 Å². The number of rotatable bonds is 3. The highest BCUT2D eigenvalue weighted by Crippen LogP contribution is 2.43. The van der Waals surface area contributed by atoms with Gasteiger partial charge >= 0.3 is 0 Å². The Labute approximate surface area is 118 Å². The summed E-state index contributed by atoms with van der Waals surface area (Å²) in [5, 5.41) is 0. The molecule has 1 fully saturated rings. The van der Waals surface area contributed by atoms with E-state index < -0.39 is 0 Å². The molecule has 2 heteroatoms. The molecule has 2 atom stereocenters. The molecule has 0 aromatic heterocycles. The third-order valence-corrected chi connectivity index (χ3v) is 4.97. The van der Waals surface area contributed by atoms with Crippen LogP contribution < -0.4 is 0 Å². The molecule has 0 spiro atoms. The van der Waals surface area contributed by atoms with E-state index in [4.69, 9.17) is 9.47 Å². The van der Waals surface area contributed by atoms with Crippen LogP contribution in [-0.4, -0.2) is 19.0 Å². The fraction of sp³-hybridized carbons (Fsp3) is 0.882. The summed E-state index contributed by atoms with van der Waals surface area (Å²) in [6.45, 7) is 12.9. The van der Waals surface area contributed by atoms with Crippen molar-refractivity contribution in [3.63, 3.8) is 0 Å². The lowest BCUT2D eigenvalue weighted by atomic mass is 9.76. The second-order valence-electron chi connectivity index (χ2n) is 7.17. The molecule has 0 saturated carbocycles. The highest BCUT2D eigenvalue weighted by molar-refractivity contribution is 5.08. The maximum Gasteiger partial charge on any atom is 0.168 e. The molecule has 1 aliphatic heterocycles. The Morgan fingerprint density at radius 1 is 1.26 bits per heavy atom. The molecule has 0 N–H and O–H groups in total. The summed E-state index contributed by atoms with van der Waals surface area (Å²) >= 11 is 0. The van der Waals surface area contributed by atoms with Crippen molar-refractivity contribution < 1.29 is 9.47 Å². The summed E-state index contributed by atoms with van der Waals surface area (Å²) in [6, 6.07) is 0. The van der Waals surface area contributed by atoms with Crippen LogP contribution in [0.5, 0.6) is 0 Å². The molecule has 0 bridgehead atoms. The van der Waals surface area contributed by atoms with Gasteiger partial charge in [-0.2, -0.15) is 0 Å². The van der Waals surface area contributed by atoms with Crippen LogP contribution in [0.3, 0.4) is 0 Å². The van der Waals surface area contributed by atoms with Crippen LogP contribution in [0.25, 0.3) is 0 Å². The van der Waals surface area contributed by atoms with E-state index in [1.54, 1.807) is 0 Å². The summed E-state index contributed by atoms with van der Waals surface area (Å²) in [6.07, 6.45) is 7.14. The topological polar surface area (TPSA) is 18.5 Å². The molecule has 0 amide bonds. The van der Waals surface area contributed by atoms with Gasteiger partial charge in [-0.05, 0) is 39.0 Å². The molecule has 19 heavy (non-hydrogen) atoms. The molecular formula is C17H30O2. The summed E-state index contributed by atoms with van der Waals surface area (Å²) in [5.74, 6) is 0.654.